The molecule has 0 radical (unpaired) electrons. The molecule has 0 atom stereocenters. The van der Waals surface area contributed by atoms with Crippen molar-refractivity contribution in [3.8, 4) is 0 Å². The van der Waals surface area contributed by atoms with Crippen LogP contribution in [0.3, 0.4) is 0 Å². The van der Waals surface area contributed by atoms with E-state index in [4.69, 9.17) is 5.73 Å². The molecule has 0 saturated heterocycles. The van der Waals surface area contributed by atoms with Crippen molar-refractivity contribution >= 4 is 17.3 Å². The number of hydrogen-bond acceptors (Lipinski definition) is 2. The fourth-order valence-corrected chi connectivity index (χ4v) is 2.74. The molecule has 98 valence electrons. The van der Waals surface area contributed by atoms with Crippen LogP contribution >= 0.6 is 0 Å². The number of halogens is 1. The maximum Gasteiger partial charge on any atom is 0.230 e. The third-order valence-corrected chi connectivity index (χ3v) is 3.90. The van der Waals surface area contributed by atoms with E-state index in [0.29, 0.717) is 11.4 Å². The summed E-state index contributed by atoms with van der Waals surface area (Å²) >= 11 is 0. The van der Waals surface area contributed by atoms with Gasteiger partial charge in [0.2, 0.25) is 5.91 Å². The first-order valence-electron chi connectivity index (χ1n) is 6.43. The fourth-order valence-electron chi connectivity index (χ4n) is 2.74. The van der Waals surface area contributed by atoms with Crippen LogP contribution in [0.5, 0.6) is 0 Å². The number of anilines is 2. The molecule has 0 bridgehead atoms. The zero-order valence-corrected chi connectivity index (χ0v) is 10.6. The SMILES string of the molecule is CCC1(C(=O)Nc2cc(N)cc(F)c2)CCCC1. The first kappa shape index (κ1) is 12.9. The Morgan fingerprint density at radius 2 is 2.06 bits per heavy atom. The van der Waals surface area contributed by atoms with Gasteiger partial charge in [-0.2, -0.15) is 0 Å². The van der Waals surface area contributed by atoms with E-state index in [-0.39, 0.29) is 11.3 Å². The zero-order chi connectivity index (χ0) is 13.2. The molecule has 0 heterocycles. The third-order valence-electron chi connectivity index (χ3n) is 3.90. The molecule has 0 aliphatic heterocycles. The van der Waals surface area contributed by atoms with Crippen LogP contribution in [0, 0.1) is 11.2 Å². The highest BCUT2D eigenvalue weighted by atomic mass is 19.1. The van der Waals surface area contributed by atoms with Crippen LogP contribution in [-0.4, -0.2) is 5.91 Å². The van der Waals surface area contributed by atoms with Gasteiger partial charge in [-0.3, -0.25) is 4.79 Å². The van der Waals surface area contributed by atoms with Crippen molar-refractivity contribution in [3.63, 3.8) is 0 Å². The lowest BCUT2D eigenvalue weighted by atomic mass is 9.82. The van der Waals surface area contributed by atoms with E-state index in [1.807, 2.05) is 6.92 Å². The molecule has 3 N–H and O–H groups in total. The Morgan fingerprint density at radius 3 is 2.61 bits per heavy atom. The number of carbonyl (C=O) groups is 1. The number of hydrogen-bond donors (Lipinski definition) is 2. The lowest BCUT2D eigenvalue weighted by molar-refractivity contribution is -0.125. The Kier molecular flexibility index (Phi) is 3.55. The summed E-state index contributed by atoms with van der Waals surface area (Å²) in [6.07, 6.45) is 4.84. The van der Waals surface area contributed by atoms with Gasteiger partial charge in [-0.15, -0.1) is 0 Å². The van der Waals surface area contributed by atoms with E-state index in [1.165, 1.54) is 12.1 Å². The summed E-state index contributed by atoms with van der Waals surface area (Å²) in [4.78, 5) is 12.3. The summed E-state index contributed by atoms with van der Waals surface area (Å²) in [5, 5.41) is 2.80. The molecule has 1 aromatic rings. The van der Waals surface area contributed by atoms with Gasteiger partial charge in [-0.25, -0.2) is 4.39 Å². The number of nitrogens with one attached hydrogen (secondary N) is 1. The van der Waals surface area contributed by atoms with Crippen molar-refractivity contribution in [2.45, 2.75) is 39.0 Å². The highest BCUT2D eigenvalue weighted by Gasteiger charge is 2.39. The number of nitrogen functional groups attached to an aromatic ring is 1. The van der Waals surface area contributed by atoms with Gasteiger partial charge < -0.3 is 11.1 Å². The predicted octanol–water partition coefficient (Wildman–Crippen LogP) is 3.32. The summed E-state index contributed by atoms with van der Waals surface area (Å²) in [5.41, 5.74) is 6.05. The van der Waals surface area contributed by atoms with E-state index in [2.05, 4.69) is 5.32 Å². The minimum atomic E-state index is -0.428. The maximum absolute atomic E-state index is 13.2. The van der Waals surface area contributed by atoms with Gasteiger partial charge in [0.05, 0.1) is 0 Å². The van der Waals surface area contributed by atoms with Crippen molar-refractivity contribution in [2.24, 2.45) is 5.41 Å². The molecule has 0 aromatic heterocycles. The highest BCUT2D eigenvalue weighted by Crippen LogP contribution is 2.41. The molecule has 2 rings (SSSR count). The lowest BCUT2D eigenvalue weighted by Crippen LogP contribution is -2.33. The van der Waals surface area contributed by atoms with Crippen molar-refractivity contribution < 1.29 is 9.18 Å². The highest BCUT2D eigenvalue weighted by molar-refractivity contribution is 5.95. The summed E-state index contributed by atoms with van der Waals surface area (Å²) in [5.74, 6) is -0.435. The molecule has 3 nitrogen and oxygen atoms in total. The van der Waals surface area contributed by atoms with Crippen LogP contribution < -0.4 is 11.1 Å². The fraction of sp³-hybridized carbons (Fsp3) is 0.500. The maximum atomic E-state index is 13.2. The average Bonchev–Trinajstić information content (AvgIpc) is 2.77. The Balaban J connectivity index is 2.15. The summed E-state index contributed by atoms with van der Waals surface area (Å²) in [6, 6.07) is 4.12. The van der Waals surface area contributed by atoms with Crippen molar-refractivity contribution in [1.82, 2.24) is 0 Å². The molecule has 1 aromatic carbocycles. The van der Waals surface area contributed by atoms with Crippen LogP contribution in [0.2, 0.25) is 0 Å². The second-order valence-electron chi connectivity index (χ2n) is 5.07. The largest absolute Gasteiger partial charge is 0.399 e. The molecular weight excluding hydrogens is 231 g/mol. The number of rotatable bonds is 3. The van der Waals surface area contributed by atoms with Crippen molar-refractivity contribution in [1.29, 1.82) is 0 Å². The predicted molar refractivity (Wildman–Crippen MR) is 70.6 cm³/mol. The molecule has 18 heavy (non-hydrogen) atoms. The zero-order valence-electron chi connectivity index (χ0n) is 10.6. The molecule has 1 fully saturated rings. The van der Waals surface area contributed by atoms with Gasteiger partial charge >= 0.3 is 0 Å². The van der Waals surface area contributed by atoms with E-state index in [0.717, 1.165) is 32.1 Å². The van der Waals surface area contributed by atoms with Gasteiger partial charge in [0, 0.05) is 16.8 Å². The minimum absolute atomic E-state index is 0.00694. The Morgan fingerprint density at radius 1 is 1.39 bits per heavy atom. The normalized spacial score (nSPS) is 17.7. The standard InChI is InChI=1S/C14H19FN2O/c1-2-14(5-3-4-6-14)13(18)17-12-8-10(15)7-11(16)9-12/h7-9H,2-6,16H2,1H3,(H,17,18). The number of carbonyl (C=O) groups excluding carboxylic acids is 1. The van der Waals surface area contributed by atoms with Crippen LogP contribution in [0.15, 0.2) is 18.2 Å². The minimum Gasteiger partial charge on any atom is -0.399 e. The first-order chi connectivity index (χ1) is 8.55. The Labute approximate surface area is 107 Å². The molecule has 0 spiro atoms. The summed E-state index contributed by atoms with van der Waals surface area (Å²) in [6.45, 7) is 2.03. The molecule has 1 saturated carbocycles. The molecule has 1 aliphatic rings. The van der Waals surface area contributed by atoms with Gasteiger partial charge in [-0.1, -0.05) is 19.8 Å². The monoisotopic (exact) mass is 250 g/mol. The van der Waals surface area contributed by atoms with Crippen LogP contribution in [0.4, 0.5) is 15.8 Å². The number of nitrogens with two attached hydrogens (primary N) is 1. The lowest BCUT2D eigenvalue weighted by Gasteiger charge is -2.26. The van der Waals surface area contributed by atoms with Crippen LogP contribution in [-0.2, 0) is 4.79 Å². The molecule has 1 amide bonds. The molecule has 0 unspecified atom stereocenters. The van der Waals surface area contributed by atoms with Crippen LogP contribution in [0.1, 0.15) is 39.0 Å². The second-order valence-corrected chi connectivity index (χ2v) is 5.07. The third kappa shape index (κ3) is 2.47. The second kappa shape index (κ2) is 4.96. The van der Waals surface area contributed by atoms with Gasteiger partial charge in [0.1, 0.15) is 5.82 Å². The van der Waals surface area contributed by atoms with E-state index >= 15 is 0 Å². The average molecular weight is 250 g/mol. The molecule has 1 aliphatic carbocycles. The smallest absolute Gasteiger partial charge is 0.230 e. The quantitative estimate of drug-likeness (QED) is 0.808. The van der Waals surface area contributed by atoms with Gasteiger partial charge in [0.15, 0.2) is 0 Å². The van der Waals surface area contributed by atoms with Crippen molar-refractivity contribution in [3.05, 3.63) is 24.0 Å². The Hall–Kier alpha value is -1.58. The Bertz CT molecular complexity index is 433. The van der Waals surface area contributed by atoms with Crippen LogP contribution in [0.25, 0.3) is 0 Å². The number of benzene rings is 1. The van der Waals surface area contributed by atoms with E-state index < -0.39 is 5.82 Å². The number of amides is 1. The molecular formula is C14H19FN2O. The van der Waals surface area contributed by atoms with E-state index in [1.54, 1.807) is 6.07 Å². The molecule has 4 heteroatoms. The van der Waals surface area contributed by atoms with Gasteiger partial charge in [0.25, 0.3) is 0 Å². The van der Waals surface area contributed by atoms with E-state index in [9.17, 15) is 9.18 Å². The summed E-state index contributed by atoms with van der Waals surface area (Å²) in [7, 11) is 0. The topological polar surface area (TPSA) is 55.1 Å². The van der Waals surface area contributed by atoms with Gasteiger partial charge in [-0.05, 0) is 37.5 Å². The van der Waals surface area contributed by atoms with Crippen molar-refractivity contribution in [2.75, 3.05) is 11.1 Å². The summed E-state index contributed by atoms with van der Waals surface area (Å²) < 4.78 is 13.2. The first-order valence-corrected chi connectivity index (χ1v) is 6.43.